The van der Waals surface area contributed by atoms with Crippen LogP contribution >= 0.6 is 0 Å². The van der Waals surface area contributed by atoms with E-state index in [2.05, 4.69) is 252 Å². The highest BCUT2D eigenvalue weighted by Gasteiger charge is 2.38. The molecule has 0 saturated heterocycles. The summed E-state index contributed by atoms with van der Waals surface area (Å²) < 4.78 is 20.1. The van der Waals surface area contributed by atoms with E-state index in [0.717, 1.165) is 156 Å². The molecule has 15 heteroatoms. The first-order valence-corrected chi connectivity index (χ1v) is 44.9. The van der Waals surface area contributed by atoms with E-state index in [1.54, 1.807) is 0 Å². The molecule has 15 nitrogen and oxygen atoms in total. The highest BCUT2D eigenvalue weighted by atomic mass is 16.3. The molecule has 0 unspecified atom stereocenters. The maximum absolute atomic E-state index is 6.51. The molecule has 628 valence electrons. The molecule has 17 aromatic carbocycles. The molecular formula is C119H75N13O2. The van der Waals surface area contributed by atoms with Crippen LogP contribution < -0.4 is 0 Å². The number of hydrogen-bond donors (Lipinski definition) is 0. The van der Waals surface area contributed by atoms with Gasteiger partial charge in [-0.3, -0.25) is 0 Å². The fourth-order valence-corrected chi connectivity index (χ4v) is 20.1. The minimum absolute atomic E-state index is 0.150. The Hall–Kier alpha value is -18.1. The molecule has 0 fully saturated rings. The Labute approximate surface area is 767 Å². The fraction of sp³-hybridized carbons (Fsp3) is 0.0252. The SMILES string of the molecule is CC1(C)c2ccccc2-c2c1ccc1c2c2ccccc2n1-c1ccc(-c2nc(-c3ccccc3)c3oc4ccccc4c3n2)cc1-c1nc(-c2ccccc2)nc(-c2ccccc2)n1.c1ccc(-c2nc(-c3ccccc3)nc(-c3cc(-c4nc(-c5ccccc5)c5oc6ccccc6c5n4)ccc3-n3c4ccccc4c4c5c6ccccc6n(-c6ccccc6)c5ccc43)n2)cc1. The lowest BCUT2D eigenvalue weighted by Gasteiger charge is -2.21. The van der Waals surface area contributed by atoms with Crippen molar-refractivity contribution in [1.82, 2.24) is 63.5 Å². The summed E-state index contributed by atoms with van der Waals surface area (Å²) in [4.78, 5) is 52.7. The van der Waals surface area contributed by atoms with Gasteiger partial charge in [-0.15, -0.1) is 0 Å². The monoisotopic (exact) mass is 1720 g/mol. The van der Waals surface area contributed by atoms with E-state index in [0.29, 0.717) is 57.8 Å². The predicted octanol–water partition coefficient (Wildman–Crippen LogP) is 29.4. The van der Waals surface area contributed by atoms with Crippen LogP contribution in [0.25, 0.3) is 251 Å². The summed E-state index contributed by atoms with van der Waals surface area (Å²) in [5.41, 5.74) is 29.0. The van der Waals surface area contributed by atoms with Gasteiger partial charge in [-0.25, -0.2) is 49.8 Å². The highest BCUT2D eigenvalue weighted by molar-refractivity contribution is 6.29. The molecule has 0 N–H and O–H groups in total. The maximum atomic E-state index is 6.51. The number of nitrogens with zero attached hydrogens (tertiary/aromatic N) is 13. The van der Waals surface area contributed by atoms with E-state index >= 15 is 0 Å². The third-order valence-corrected chi connectivity index (χ3v) is 26.3. The average molecular weight is 1720 g/mol. The lowest BCUT2D eigenvalue weighted by Crippen LogP contribution is -2.14. The molecule has 134 heavy (non-hydrogen) atoms. The van der Waals surface area contributed by atoms with Crippen LogP contribution in [0.2, 0.25) is 0 Å². The van der Waals surface area contributed by atoms with Gasteiger partial charge in [0.05, 0.1) is 44.5 Å². The van der Waals surface area contributed by atoms with E-state index in [4.69, 9.17) is 58.7 Å². The van der Waals surface area contributed by atoms with Crippen LogP contribution in [0.15, 0.2) is 427 Å². The molecule has 0 aliphatic heterocycles. The second kappa shape index (κ2) is 31.1. The molecule has 0 radical (unpaired) electrons. The summed E-state index contributed by atoms with van der Waals surface area (Å²) in [5.74, 6) is 4.48. The van der Waals surface area contributed by atoms with Gasteiger partial charge >= 0.3 is 0 Å². The predicted molar refractivity (Wildman–Crippen MR) is 540 cm³/mol. The van der Waals surface area contributed by atoms with E-state index in [9.17, 15) is 0 Å². The van der Waals surface area contributed by atoms with Crippen molar-refractivity contribution >= 4 is 110 Å². The second-order valence-corrected chi connectivity index (χ2v) is 34.4. The number of aromatic nitrogens is 13. The van der Waals surface area contributed by atoms with Gasteiger partial charge in [0, 0.05) is 110 Å². The van der Waals surface area contributed by atoms with Crippen LogP contribution in [0.5, 0.6) is 0 Å². The number of hydrogen-bond acceptors (Lipinski definition) is 12. The molecule has 0 amide bonds. The van der Waals surface area contributed by atoms with Gasteiger partial charge < -0.3 is 22.5 Å². The Balaban J connectivity index is 0.000000140. The number of fused-ring (bicyclic) bond motifs is 20. The van der Waals surface area contributed by atoms with Gasteiger partial charge in [0.2, 0.25) is 0 Å². The van der Waals surface area contributed by atoms with Crippen molar-refractivity contribution in [2.75, 3.05) is 0 Å². The third-order valence-electron chi connectivity index (χ3n) is 26.3. The van der Waals surface area contributed by atoms with E-state index in [-0.39, 0.29) is 5.41 Å². The summed E-state index contributed by atoms with van der Waals surface area (Å²) in [7, 11) is 0. The molecule has 9 aromatic heterocycles. The second-order valence-electron chi connectivity index (χ2n) is 34.4. The summed E-state index contributed by atoms with van der Waals surface area (Å²) in [6, 6.07) is 145. The molecule has 1 aliphatic carbocycles. The molecule has 0 atom stereocenters. The molecule has 26 aromatic rings. The lowest BCUT2D eigenvalue weighted by atomic mass is 9.82. The van der Waals surface area contributed by atoms with Crippen LogP contribution in [0.3, 0.4) is 0 Å². The van der Waals surface area contributed by atoms with E-state index < -0.39 is 0 Å². The zero-order valence-corrected chi connectivity index (χ0v) is 72.5. The quantitative estimate of drug-likeness (QED) is 0.107. The normalized spacial score (nSPS) is 12.3. The summed E-state index contributed by atoms with van der Waals surface area (Å²) >= 11 is 0. The van der Waals surface area contributed by atoms with Crippen LogP contribution in [0.1, 0.15) is 25.0 Å². The van der Waals surface area contributed by atoms with Crippen molar-refractivity contribution in [2.45, 2.75) is 19.3 Å². The Kier molecular flexibility index (Phi) is 17.9. The van der Waals surface area contributed by atoms with Gasteiger partial charge in [0.15, 0.2) is 57.8 Å². The molecule has 1 aliphatic rings. The maximum Gasteiger partial charge on any atom is 0.180 e. The smallest absolute Gasteiger partial charge is 0.180 e. The Morgan fingerprint density at radius 2 is 0.537 bits per heavy atom. The Morgan fingerprint density at radius 1 is 0.216 bits per heavy atom. The van der Waals surface area contributed by atoms with Gasteiger partial charge in [0.25, 0.3) is 0 Å². The number of para-hydroxylation sites is 6. The molecule has 0 saturated carbocycles. The van der Waals surface area contributed by atoms with Crippen LogP contribution in [0.4, 0.5) is 0 Å². The fourth-order valence-electron chi connectivity index (χ4n) is 20.1. The molecule has 27 rings (SSSR count). The number of furan rings is 2. The lowest BCUT2D eigenvalue weighted by molar-refractivity contribution is 0.661. The first-order chi connectivity index (χ1) is 66.2. The molecule has 0 bridgehead atoms. The zero-order valence-electron chi connectivity index (χ0n) is 72.5. The van der Waals surface area contributed by atoms with Crippen LogP contribution in [-0.2, 0) is 5.41 Å². The summed E-state index contributed by atoms with van der Waals surface area (Å²) in [6.45, 7) is 4.67. The Bertz CT molecular complexity index is 9100. The van der Waals surface area contributed by atoms with Crippen molar-refractivity contribution in [1.29, 1.82) is 0 Å². The standard InChI is InChI=1S/C61H37N7O.C58H38N6O/c1-5-19-38(20-6-1)55-57-56(45-29-15-18-32-52(45)69-57)63-60(62-55)41-33-34-49(46(37-41)61-65-58(39-21-7-2-8-22-39)64-59(66-61)40-23-9-3-10-24-40)68-48-31-17-14-28-44(48)54-51(68)36-35-50-53(54)43-27-13-16-30-47(43)67(50)42-25-11-4-12-26-42;1-58(2)43-27-15-12-24-39(43)49-44(58)31-33-47-50(49)40-25-13-16-28-45(40)64(47)46-32-30-38(56-59-51(35-18-6-3-7-19-35)53-52(60-56)41-26-14-17-29-48(41)65-53)34-42(46)57-62-54(36-20-8-4-9-21-36)61-55(63-57)37-22-10-5-11-23-37/h1-37H;3-34H,1-2H3. The van der Waals surface area contributed by atoms with Crippen molar-refractivity contribution in [2.24, 2.45) is 0 Å². The number of rotatable bonds is 13. The molecule has 9 heterocycles. The van der Waals surface area contributed by atoms with Crippen LogP contribution in [0, 0.1) is 0 Å². The topological polar surface area (TPSA) is 170 Å². The minimum atomic E-state index is -0.150. The van der Waals surface area contributed by atoms with Gasteiger partial charge in [0.1, 0.15) is 33.6 Å². The number of benzene rings is 17. The van der Waals surface area contributed by atoms with E-state index in [1.807, 2.05) is 194 Å². The first kappa shape index (κ1) is 77.1. The van der Waals surface area contributed by atoms with Gasteiger partial charge in [-0.1, -0.05) is 323 Å². The first-order valence-electron chi connectivity index (χ1n) is 44.9. The van der Waals surface area contributed by atoms with Crippen molar-refractivity contribution < 1.29 is 8.83 Å². The third kappa shape index (κ3) is 12.6. The largest absolute Gasteiger partial charge is 0.452 e. The van der Waals surface area contributed by atoms with Crippen molar-refractivity contribution in [3.05, 3.63) is 430 Å². The minimum Gasteiger partial charge on any atom is -0.452 e. The van der Waals surface area contributed by atoms with Crippen molar-refractivity contribution in [3.63, 3.8) is 0 Å². The molecular weight excluding hydrogens is 1640 g/mol. The van der Waals surface area contributed by atoms with Crippen molar-refractivity contribution in [3.8, 4) is 142 Å². The average Bonchev–Trinajstić information content (AvgIpc) is 1.54. The van der Waals surface area contributed by atoms with E-state index in [1.165, 1.54) is 49.2 Å². The van der Waals surface area contributed by atoms with Crippen LogP contribution in [-0.4, -0.2) is 63.5 Å². The zero-order chi connectivity index (χ0) is 88.6. The highest BCUT2D eigenvalue weighted by Crippen LogP contribution is 2.55. The summed E-state index contributed by atoms with van der Waals surface area (Å²) in [6.07, 6.45) is 0. The summed E-state index contributed by atoms with van der Waals surface area (Å²) in [5, 5.41) is 8.95. The molecule has 0 spiro atoms. The van der Waals surface area contributed by atoms with Gasteiger partial charge in [-0.2, -0.15) is 0 Å². The van der Waals surface area contributed by atoms with Gasteiger partial charge in [-0.05, 0) is 131 Å². The Morgan fingerprint density at radius 3 is 0.970 bits per heavy atom.